The molecule has 46 heavy (non-hydrogen) atoms. The Kier molecular flexibility index (Phi) is 6.29. The normalized spacial score (nSPS) is 11.6. The SMILES string of the molecule is Brc1ccc2oc3ccccc3c2c1-c1ccc(N(c2ccc(-c3ccccc3)cc2)c2cccc3c2oc2ccccc23)cc1. The van der Waals surface area contributed by atoms with Crippen molar-refractivity contribution in [2.24, 2.45) is 0 Å². The van der Waals surface area contributed by atoms with Gasteiger partial charge in [-0.1, -0.05) is 119 Å². The summed E-state index contributed by atoms with van der Waals surface area (Å²) in [6, 6.07) is 54.9. The van der Waals surface area contributed by atoms with Gasteiger partial charge in [0.25, 0.3) is 0 Å². The minimum absolute atomic E-state index is 0.859. The Morgan fingerprint density at radius 2 is 1.00 bits per heavy atom. The van der Waals surface area contributed by atoms with Gasteiger partial charge in [-0.25, -0.2) is 0 Å². The van der Waals surface area contributed by atoms with Gasteiger partial charge in [0.1, 0.15) is 16.7 Å². The highest BCUT2D eigenvalue weighted by atomic mass is 79.9. The summed E-state index contributed by atoms with van der Waals surface area (Å²) in [5.74, 6) is 0. The maximum absolute atomic E-state index is 6.53. The summed E-state index contributed by atoms with van der Waals surface area (Å²) in [4.78, 5) is 2.28. The smallest absolute Gasteiger partial charge is 0.159 e. The van der Waals surface area contributed by atoms with Gasteiger partial charge >= 0.3 is 0 Å². The topological polar surface area (TPSA) is 29.5 Å². The van der Waals surface area contributed by atoms with Gasteiger partial charge in [-0.2, -0.15) is 0 Å². The van der Waals surface area contributed by atoms with E-state index in [4.69, 9.17) is 8.83 Å². The molecular formula is C42H26BrNO2. The Morgan fingerprint density at radius 1 is 0.413 bits per heavy atom. The van der Waals surface area contributed by atoms with Gasteiger partial charge < -0.3 is 13.7 Å². The summed E-state index contributed by atoms with van der Waals surface area (Å²) in [6.45, 7) is 0. The highest BCUT2D eigenvalue weighted by molar-refractivity contribution is 9.10. The molecule has 0 bridgehead atoms. The maximum atomic E-state index is 6.53. The lowest BCUT2D eigenvalue weighted by Gasteiger charge is -2.26. The lowest BCUT2D eigenvalue weighted by Crippen LogP contribution is -2.10. The number of benzene rings is 7. The van der Waals surface area contributed by atoms with Gasteiger partial charge in [0.15, 0.2) is 5.58 Å². The fraction of sp³-hybridized carbons (Fsp3) is 0. The molecule has 7 aromatic carbocycles. The van der Waals surface area contributed by atoms with Crippen LogP contribution in [0.4, 0.5) is 17.1 Å². The highest BCUT2D eigenvalue weighted by Crippen LogP contribution is 2.45. The van der Waals surface area contributed by atoms with Crippen molar-refractivity contribution >= 4 is 76.9 Å². The Labute approximate surface area is 274 Å². The predicted molar refractivity (Wildman–Crippen MR) is 194 cm³/mol. The first-order valence-electron chi connectivity index (χ1n) is 15.3. The molecule has 0 fully saturated rings. The average Bonchev–Trinajstić information content (AvgIpc) is 3.69. The Hall–Kier alpha value is -5.58. The number of furan rings is 2. The number of hydrogen-bond donors (Lipinski definition) is 0. The molecule has 0 radical (unpaired) electrons. The van der Waals surface area contributed by atoms with Crippen LogP contribution in [0.15, 0.2) is 171 Å². The van der Waals surface area contributed by atoms with E-state index in [1.165, 1.54) is 11.1 Å². The van der Waals surface area contributed by atoms with Crippen LogP contribution >= 0.6 is 15.9 Å². The summed E-state index contributed by atoms with van der Waals surface area (Å²) in [6.07, 6.45) is 0. The van der Waals surface area contributed by atoms with E-state index in [0.29, 0.717) is 0 Å². The Morgan fingerprint density at radius 3 is 1.74 bits per heavy atom. The number of para-hydroxylation sites is 3. The largest absolute Gasteiger partial charge is 0.456 e. The van der Waals surface area contributed by atoms with Gasteiger partial charge in [-0.05, 0) is 71.3 Å². The molecule has 0 N–H and O–H groups in total. The molecule has 0 atom stereocenters. The summed E-state index contributed by atoms with van der Waals surface area (Å²) < 4.78 is 13.8. The Balaban J connectivity index is 1.22. The van der Waals surface area contributed by atoms with Crippen molar-refractivity contribution in [2.45, 2.75) is 0 Å². The van der Waals surface area contributed by atoms with E-state index in [0.717, 1.165) is 76.5 Å². The number of rotatable bonds is 5. The monoisotopic (exact) mass is 655 g/mol. The molecule has 0 aliphatic rings. The lowest BCUT2D eigenvalue weighted by atomic mass is 9.99. The summed E-state index contributed by atoms with van der Waals surface area (Å²) >= 11 is 3.85. The van der Waals surface area contributed by atoms with Crippen LogP contribution in [0.2, 0.25) is 0 Å². The van der Waals surface area contributed by atoms with Gasteiger partial charge in [-0.15, -0.1) is 0 Å². The fourth-order valence-corrected chi connectivity index (χ4v) is 7.18. The third kappa shape index (κ3) is 4.33. The molecule has 4 heteroatoms. The van der Waals surface area contributed by atoms with E-state index in [-0.39, 0.29) is 0 Å². The van der Waals surface area contributed by atoms with Gasteiger partial charge in [-0.3, -0.25) is 0 Å². The molecule has 9 aromatic rings. The van der Waals surface area contributed by atoms with Crippen molar-refractivity contribution in [2.75, 3.05) is 4.90 Å². The standard InChI is InChI=1S/C42H26BrNO2/c43-35-25-26-39-41(34-12-5-7-16-38(34)45-39)40(35)29-19-23-31(24-20-29)44(30-21-17-28(18-22-30)27-9-2-1-3-10-27)36-14-8-13-33-32-11-4-6-15-37(32)46-42(33)36/h1-26H. The molecule has 0 amide bonds. The van der Waals surface area contributed by atoms with E-state index < -0.39 is 0 Å². The minimum atomic E-state index is 0.859. The van der Waals surface area contributed by atoms with Crippen LogP contribution in [-0.2, 0) is 0 Å². The Bertz CT molecular complexity index is 2530. The van der Waals surface area contributed by atoms with Crippen LogP contribution in [-0.4, -0.2) is 0 Å². The third-order valence-electron chi connectivity index (χ3n) is 8.76. The predicted octanol–water partition coefficient (Wildman–Crippen LogP) is 13.1. The molecule has 3 nitrogen and oxygen atoms in total. The van der Waals surface area contributed by atoms with Crippen LogP contribution in [0.1, 0.15) is 0 Å². The quantitative estimate of drug-likeness (QED) is 0.185. The van der Waals surface area contributed by atoms with E-state index in [9.17, 15) is 0 Å². The highest BCUT2D eigenvalue weighted by Gasteiger charge is 2.21. The molecule has 0 aliphatic heterocycles. The van der Waals surface area contributed by atoms with Crippen molar-refractivity contribution in [3.8, 4) is 22.3 Å². The lowest BCUT2D eigenvalue weighted by molar-refractivity contribution is 0.668. The second-order valence-electron chi connectivity index (χ2n) is 11.4. The van der Waals surface area contributed by atoms with Crippen molar-refractivity contribution in [1.82, 2.24) is 0 Å². The molecule has 218 valence electrons. The van der Waals surface area contributed by atoms with Crippen molar-refractivity contribution in [1.29, 1.82) is 0 Å². The van der Waals surface area contributed by atoms with Crippen LogP contribution in [0.25, 0.3) is 66.1 Å². The van der Waals surface area contributed by atoms with Crippen LogP contribution in [0.3, 0.4) is 0 Å². The zero-order valence-corrected chi connectivity index (χ0v) is 26.2. The summed E-state index contributed by atoms with van der Waals surface area (Å²) in [5, 5.41) is 4.42. The number of hydrogen-bond acceptors (Lipinski definition) is 3. The average molecular weight is 657 g/mol. The van der Waals surface area contributed by atoms with Crippen LogP contribution < -0.4 is 4.90 Å². The van der Waals surface area contributed by atoms with Crippen LogP contribution in [0, 0.1) is 0 Å². The van der Waals surface area contributed by atoms with E-state index >= 15 is 0 Å². The number of nitrogens with zero attached hydrogens (tertiary/aromatic N) is 1. The van der Waals surface area contributed by atoms with Crippen molar-refractivity contribution < 1.29 is 8.83 Å². The molecule has 0 unspecified atom stereocenters. The molecule has 0 saturated heterocycles. The van der Waals surface area contributed by atoms with Crippen molar-refractivity contribution in [3.05, 3.63) is 162 Å². The molecule has 0 saturated carbocycles. The maximum Gasteiger partial charge on any atom is 0.159 e. The third-order valence-corrected chi connectivity index (χ3v) is 9.42. The number of anilines is 3. The first kappa shape index (κ1) is 26.8. The van der Waals surface area contributed by atoms with Gasteiger partial charge in [0.2, 0.25) is 0 Å². The first-order valence-corrected chi connectivity index (χ1v) is 16.1. The van der Waals surface area contributed by atoms with E-state index in [2.05, 4.69) is 142 Å². The zero-order valence-electron chi connectivity index (χ0n) is 24.7. The molecule has 2 aromatic heterocycles. The van der Waals surface area contributed by atoms with Crippen molar-refractivity contribution in [3.63, 3.8) is 0 Å². The molecule has 0 spiro atoms. The van der Waals surface area contributed by atoms with Gasteiger partial charge in [0.05, 0.1) is 5.69 Å². The second kappa shape index (κ2) is 10.8. The minimum Gasteiger partial charge on any atom is -0.456 e. The number of fused-ring (bicyclic) bond motifs is 6. The van der Waals surface area contributed by atoms with E-state index in [1.807, 2.05) is 36.4 Å². The van der Waals surface area contributed by atoms with E-state index in [1.54, 1.807) is 0 Å². The molecule has 2 heterocycles. The summed E-state index contributed by atoms with van der Waals surface area (Å²) in [5.41, 5.74) is 11.1. The van der Waals surface area contributed by atoms with Gasteiger partial charge in [0, 0.05) is 43.0 Å². The van der Waals surface area contributed by atoms with Crippen LogP contribution in [0.5, 0.6) is 0 Å². The fourth-order valence-electron chi connectivity index (χ4n) is 6.62. The number of halogens is 1. The molecular weight excluding hydrogens is 630 g/mol. The molecule has 0 aliphatic carbocycles. The second-order valence-corrected chi connectivity index (χ2v) is 12.3. The summed E-state index contributed by atoms with van der Waals surface area (Å²) in [7, 11) is 0. The molecule has 9 rings (SSSR count). The first-order chi connectivity index (χ1) is 22.7. The zero-order chi connectivity index (χ0) is 30.6.